The number of nitrogens with zero attached hydrogens (tertiary/aromatic N) is 2. The standard InChI is InChI=1S/C14H13N2/c1-11-6-8-13(9-7-11)15-16-14-5-3-4-12(2)10-14/h3-4,6-10H,1-2H3. The molecule has 0 aliphatic rings. The zero-order valence-electron chi connectivity index (χ0n) is 9.44. The highest BCUT2D eigenvalue weighted by Crippen LogP contribution is 2.18. The van der Waals surface area contributed by atoms with Crippen molar-refractivity contribution in [1.82, 2.24) is 0 Å². The summed E-state index contributed by atoms with van der Waals surface area (Å²) in [5.41, 5.74) is 4.01. The molecule has 0 bridgehead atoms. The zero-order chi connectivity index (χ0) is 11.4. The second kappa shape index (κ2) is 4.71. The van der Waals surface area contributed by atoms with Gasteiger partial charge in [-0.15, -0.1) is 5.11 Å². The molecule has 0 N–H and O–H groups in total. The van der Waals surface area contributed by atoms with E-state index in [1.54, 1.807) is 0 Å². The molecule has 0 aliphatic carbocycles. The minimum Gasteiger partial charge on any atom is -0.151 e. The fourth-order valence-electron chi connectivity index (χ4n) is 1.34. The Kier molecular flexibility index (Phi) is 3.10. The maximum Gasteiger partial charge on any atom is 0.0938 e. The first-order valence-corrected chi connectivity index (χ1v) is 5.21. The molecular weight excluding hydrogens is 196 g/mol. The van der Waals surface area contributed by atoms with Crippen LogP contribution in [0.3, 0.4) is 0 Å². The number of rotatable bonds is 2. The molecule has 0 spiro atoms. The molecule has 2 nitrogen and oxygen atoms in total. The molecule has 0 fully saturated rings. The number of aryl methyl sites for hydroxylation is 2. The predicted molar refractivity (Wildman–Crippen MR) is 65.4 cm³/mol. The third-order valence-electron chi connectivity index (χ3n) is 2.25. The summed E-state index contributed by atoms with van der Waals surface area (Å²) in [6, 6.07) is 16.8. The lowest BCUT2D eigenvalue weighted by Crippen LogP contribution is -1.70. The van der Waals surface area contributed by atoms with Gasteiger partial charge in [0.2, 0.25) is 0 Å². The molecule has 2 heteroatoms. The Morgan fingerprint density at radius 2 is 1.62 bits per heavy atom. The Morgan fingerprint density at radius 3 is 2.31 bits per heavy atom. The van der Waals surface area contributed by atoms with Crippen LogP contribution in [0, 0.1) is 19.9 Å². The van der Waals surface area contributed by atoms with Gasteiger partial charge in [-0.2, -0.15) is 5.11 Å². The molecule has 79 valence electrons. The second-order valence-electron chi connectivity index (χ2n) is 3.79. The number of hydrogen-bond acceptors (Lipinski definition) is 2. The van der Waals surface area contributed by atoms with E-state index in [-0.39, 0.29) is 0 Å². The summed E-state index contributed by atoms with van der Waals surface area (Å²) in [6.07, 6.45) is 0. The molecular formula is C14H13N2. The summed E-state index contributed by atoms with van der Waals surface area (Å²) in [5.74, 6) is 0. The quantitative estimate of drug-likeness (QED) is 0.650. The van der Waals surface area contributed by atoms with Crippen molar-refractivity contribution in [2.24, 2.45) is 10.2 Å². The Labute approximate surface area is 95.7 Å². The molecule has 2 rings (SSSR count). The van der Waals surface area contributed by atoms with Crippen LogP contribution >= 0.6 is 0 Å². The van der Waals surface area contributed by atoms with Crippen molar-refractivity contribution in [2.45, 2.75) is 13.8 Å². The SMILES string of the molecule is Cc1ccc(N=Nc2[c]ccc(C)c2)cc1. The van der Waals surface area contributed by atoms with Crippen LogP contribution in [0.2, 0.25) is 0 Å². The average Bonchev–Trinajstić information content (AvgIpc) is 2.28. The van der Waals surface area contributed by atoms with Gasteiger partial charge in [0.05, 0.1) is 11.4 Å². The molecule has 2 aromatic rings. The molecule has 0 aliphatic heterocycles. The molecule has 2 aromatic carbocycles. The van der Waals surface area contributed by atoms with Crippen LogP contribution in [0.4, 0.5) is 11.4 Å². The van der Waals surface area contributed by atoms with Gasteiger partial charge in [-0.3, -0.25) is 0 Å². The van der Waals surface area contributed by atoms with E-state index in [2.05, 4.69) is 23.2 Å². The van der Waals surface area contributed by atoms with Gasteiger partial charge in [0.15, 0.2) is 0 Å². The molecule has 0 aromatic heterocycles. The van der Waals surface area contributed by atoms with Gasteiger partial charge in [-0.25, -0.2) is 0 Å². The predicted octanol–water partition coefficient (Wildman–Crippen LogP) is 4.52. The van der Waals surface area contributed by atoms with Crippen LogP contribution in [0.15, 0.2) is 52.7 Å². The molecule has 0 heterocycles. The molecule has 0 amide bonds. The zero-order valence-corrected chi connectivity index (χ0v) is 9.44. The van der Waals surface area contributed by atoms with E-state index >= 15 is 0 Å². The normalized spacial score (nSPS) is 10.9. The number of azo groups is 1. The van der Waals surface area contributed by atoms with Crippen LogP contribution in [-0.2, 0) is 0 Å². The van der Waals surface area contributed by atoms with Gasteiger partial charge in [-0.1, -0.05) is 29.8 Å². The van der Waals surface area contributed by atoms with E-state index in [0.29, 0.717) is 0 Å². The highest BCUT2D eigenvalue weighted by molar-refractivity contribution is 5.41. The number of hydrogen-bond donors (Lipinski definition) is 0. The van der Waals surface area contributed by atoms with E-state index in [4.69, 9.17) is 0 Å². The minimum atomic E-state index is 0.764. The van der Waals surface area contributed by atoms with E-state index in [1.165, 1.54) is 5.56 Å². The van der Waals surface area contributed by atoms with E-state index in [1.807, 2.05) is 49.4 Å². The van der Waals surface area contributed by atoms with Crippen molar-refractivity contribution in [2.75, 3.05) is 0 Å². The summed E-state index contributed by atoms with van der Waals surface area (Å²) in [4.78, 5) is 0. The van der Waals surface area contributed by atoms with Crippen LogP contribution in [-0.4, -0.2) is 0 Å². The highest BCUT2D eigenvalue weighted by atomic mass is 15.1. The van der Waals surface area contributed by atoms with E-state index < -0.39 is 0 Å². The van der Waals surface area contributed by atoms with Crippen LogP contribution in [0.25, 0.3) is 0 Å². The van der Waals surface area contributed by atoms with Gasteiger partial charge < -0.3 is 0 Å². The Hall–Kier alpha value is -1.96. The third-order valence-corrected chi connectivity index (χ3v) is 2.25. The topological polar surface area (TPSA) is 24.7 Å². The summed E-state index contributed by atoms with van der Waals surface area (Å²) >= 11 is 0. The minimum absolute atomic E-state index is 0.764. The van der Waals surface area contributed by atoms with Gasteiger partial charge in [0.25, 0.3) is 0 Å². The lowest BCUT2D eigenvalue weighted by molar-refractivity contribution is 1.22. The van der Waals surface area contributed by atoms with Crippen molar-refractivity contribution in [3.8, 4) is 0 Å². The summed E-state index contributed by atoms with van der Waals surface area (Å²) in [5, 5.41) is 8.29. The summed E-state index contributed by atoms with van der Waals surface area (Å²) in [7, 11) is 0. The Bertz CT molecular complexity index is 498. The fourth-order valence-corrected chi connectivity index (χ4v) is 1.34. The lowest BCUT2D eigenvalue weighted by atomic mass is 10.2. The van der Waals surface area contributed by atoms with Gasteiger partial charge >= 0.3 is 0 Å². The molecule has 0 saturated heterocycles. The average molecular weight is 209 g/mol. The summed E-state index contributed by atoms with van der Waals surface area (Å²) < 4.78 is 0. The molecule has 1 radical (unpaired) electrons. The van der Waals surface area contributed by atoms with Crippen LogP contribution < -0.4 is 0 Å². The van der Waals surface area contributed by atoms with Gasteiger partial charge in [-0.05, 0) is 37.6 Å². The van der Waals surface area contributed by atoms with Crippen molar-refractivity contribution in [1.29, 1.82) is 0 Å². The number of benzene rings is 2. The lowest BCUT2D eigenvalue weighted by Gasteiger charge is -1.95. The maximum atomic E-state index is 4.15. The van der Waals surface area contributed by atoms with Crippen molar-refractivity contribution < 1.29 is 0 Å². The largest absolute Gasteiger partial charge is 0.151 e. The van der Waals surface area contributed by atoms with E-state index in [9.17, 15) is 0 Å². The second-order valence-corrected chi connectivity index (χ2v) is 3.79. The maximum absolute atomic E-state index is 4.15. The molecule has 0 saturated carbocycles. The van der Waals surface area contributed by atoms with Gasteiger partial charge in [0, 0.05) is 6.07 Å². The van der Waals surface area contributed by atoms with Crippen LogP contribution in [0.5, 0.6) is 0 Å². The monoisotopic (exact) mass is 209 g/mol. The Morgan fingerprint density at radius 1 is 0.875 bits per heavy atom. The first kappa shape index (κ1) is 10.6. The first-order chi connectivity index (χ1) is 7.74. The first-order valence-electron chi connectivity index (χ1n) is 5.21. The van der Waals surface area contributed by atoms with Crippen LogP contribution in [0.1, 0.15) is 11.1 Å². The molecule has 0 unspecified atom stereocenters. The highest BCUT2D eigenvalue weighted by Gasteiger charge is 1.91. The summed E-state index contributed by atoms with van der Waals surface area (Å²) in [6.45, 7) is 4.08. The van der Waals surface area contributed by atoms with Gasteiger partial charge in [0.1, 0.15) is 0 Å². The molecule has 0 atom stereocenters. The fraction of sp³-hybridized carbons (Fsp3) is 0.143. The van der Waals surface area contributed by atoms with Crippen molar-refractivity contribution in [3.05, 3.63) is 59.7 Å². The smallest absolute Gasteiger partial charge is 0.0938 e. The third kappa shape index (κ3) is 2.76. The molecule has 16 heavy (non-hydrogen) atoms. The Balaban J connectivity index is 2.18. The van der Waals surface area contributed by atoms with Crippen molar-refractivity contribution >= 4 is 11.4 Å². The van der Waals surface area contributed by atoms with E-state index in [0.717, 1.165) is 16.9 Å². The van der Waals surface area contributed by atoms with Crippen molar-refractivity contribution in [3.63, 3.8) is 0 Å².